The summed E-state index contributed by atoms with van der Waals surface area (Å²) in [6.07, 6.45) is 5.73. The largest absolute Gasteiger partial charge is 0.488 e. The molecule has 0 spiro atoms. The molecule has 1 amide bonds. The van der Waals surface area contributed by atoms with Crippen LogP contribution in [-0.4, -0.2) is 32.7 Å². The number of carbonyl (C=O) groups excluding carboxylic acids is 1. The number of aromatic nitrogens is 3. The van der Waals surface area contributed by atoms with Crippen LogP contribution in [0, 0.1) is 5.82 Å². The molecule has 2 N–H and O–H groups in total. The number of halogens is 1. The molecule has 2 aliphatic rings. The van der Waals surface area contributed by atoms with Gasteiger partial charge in [-0.2, -0.15) is 5.10 Å². The van der Waals surface area contributed by atoms with Gasteiger partial charge in [-0.1, -0.05) is 0 Å². The lowest BCUT2D eigenvalue weighted by Crippen LogP contribution is -2.42. The molecule has 3 heterocycles. The van der Waals surface area contributed by atoms with E-state index in [0.717, 1.165) is 19.3 Å². The zero-order valence-electron chi connectivity index (χ0n) is 15.4. The summed E-state index contributed by atoms with van der Waals surface area (Å²) in [4.78, 5) is 17.4. The number of fused-ring (bicyclic) bond motifs is 3. The molecule has 7 nitrogen and oxygen atoms in total. The first-order valence-electron chi connectivity index (χ1n) is 9.46. The normalized spacial score (nSPS) is 24.2. The Morgan fingerprint density at radius 3 is 3.04 bits per heavy atom. The Morgan fingerprint density at radius 2 is 2.14 bits per heavy atom. The Labute approximate surface area is 160 Å². The van der Waals surface area contributed by atoms with E-state index in [1.807, 2.05) is 6.92 Å². The molecule has 8 heteroatoms. The molecule has 28 heavy (non-hydrogen) atoms. The molecule has 1 unspecified atom stereocenters. The van der Waals surface area contributed by atoms with Crippen molar-refractivity contribution in [1.29, 1.82) is 0 Å². The van der Waals surface area contributed by atoms with Crippen molar-refractivity contribution in [3.63, 3.8) is 0 Å². The third-order valence-electron chi connectivity index (χ3n) is 5.46. The second kappa shape index (κ2) is 6.47. The van der Waals surface area contributed by atoms with Crippen LogP contribution in [0.3, 0.4) is 0 Å². The lowest BCUT2D eigenvalue weighted by molar-refractivity contribution is 0.0894. The monoisotopic (exact) mass is 381 g/mol. The maximum atomic E-state index is 14.0. The van der Waals surface area contributed by atoms with E-state index < -0.39 is 0 Å². The van der Waals surface area contributed by atoms with Crippen molar-refractivity contribution in [1.82, 2.24) is 19.9 Å². The predicted molar refractivity (Wildman–Crippen MR) is 101 cm³/mol. The second-order valence-corrected chi connectivity index (χ2v) is 7.35. The quantitative estimate of drug-likeness (QED) is 0.626. The lowest BCUT2D eigenvalue weighted by atomic mass is 10.1. The summed E-state index contributed by atoms with van der Waals surface area (Å²) in [6, 6.07) is 5.95. The van der Waals surface area contributed by atoms with Crippen LogP contribution in [0.4, 0.5) is 10.2 Å². The molecule has 2 bridgehead atoms. The molecule has 1 aromatic carbocycles. The summed E-state index contributed by atoms with van der Waals surface area (Å²) >= 11 is 0. The fourth-order valence-corrected chi connectivity index (χ4v) is 4.02. The molecule has 1 saturated carbocycles. The van der Waals surface area contributed by atoms with Crippen molar-refractivity contribution in [2.45, 2.75) is 44.4 Å². The molecular formula is C20H20FN5O2. The Morgan fingerprint density at radius 1 is 1.25 bits per heavy atom. The van der Waals surface area contributed by atoms with E-state index in [2.05, 4.69) is 20.7 Å². The van der Waals surface area contributed by atoms with Gasteiger partial charge in [-0.25, -0.2) is 13.9 Å². The van der Waals surface area contributed by atoms with Crippen LogP contribution in [0.1, 0.15) is 48.1 Å². The standard InChI is InChI=1S/C20H20FN5O2/c1-11-13-9-12(21)5-6-16(13)28-17-4-2-3-15(17)24-20(27)14-10-22-26-8-7-18(23-11)25-19(14)26/h5-11,15,17H,2-4H2,1H3,(H,23,25)(H,24,27)/t11-,15?,17-/m1/s1. The van der Waals surface area contributed by atoms with Gasteiger partial charge in [-0.05, 0) is 50.5 Å². The predicted octanol–water partition coefficient (Wildman–Crippen LogP) is 3.08. The summed E-state index contributed by atoms with van der Waals surface area (Å²) < 4.78 is 21.8. The van der Waals surface area contributed by atoms with Gasteiger partial charge in [0, 0.05) is 11.8 Å². The highest BCUT2D eigenvalue weighted by Crippen LogP contribution is 2.33. The van der Waals surface area contributed by atoms with Crippen molar-refractivity contribution in [3.05, 3.63) is 53.6 Å². The number of ether oxygens (including phenoxy) is 1. The molecule has 0 saturated heterocycles. The molecule has 1 aliphatic carbocycles. The van der Waals surface area contributed by atoms with Crippen molar-refractivity contribution in [3.8, 4) is 5.75 Å². The van der Waals surface area contributed by atoms with E-state index in [9.17, 15) is 9.18 Å². The minimum Gasteiger partial charge on any atom is -0.488 e. The van der Waals surface area contributed by atoms with Gasteiger partial charge in [0.2, 0.25) is 0 Å². The average molecular weight is 381 g/mol. The second-order valence-electron chi connectivity index (χ2n) is 7.35. The van der Waals surface area contributed by atoms with E-state index in [0.29, 0.717) is 28.3 Å². The number of anilines is 1. The molecule has 3 aromatic rings. The summed E-state index contributed by atoms with van der Waals surface area (Å²) in [5.41, 5.74) is 1.61. The summed E-state index contributed by atoms with van der Waals surface area (Å²) in [7, 11) is 0. The highest BCUT2D eigenvalue weighted by Gasteiger charge is 2.32. The average Bonchev–Trinajstić information content (AvgIpc) is 3.29. The first-order valence-corrected chi connectivity index (χ1v) is 9.46. The van der Waals surface area contributed by atoms with Gasteiger partial charge in [0.1, 0.15) is 29.1 Å². The topological polar surface area (TPSA) is 80.5 Å². The molecule has 1 aliphatic heterocycles. The molecule has 144 valence electrons. The number of carbonyl (C=O) groups is 1. The van der Waals surface area contributed by atoms with Gasteiger partial charge in [0.25, 0.3) is 5.91 Å². The first kappa shape index (κ1) is 17.0. The van der Waals surface area contributed by atoms with Crippen LogP contribution in [0.15, 0.2) is 36.7 Å². The van der Waals surface area contributed by atoms with Gasteiger partial charge < -0.3 is 15.4 Å². The third kappa shape index (κ3) is 2.85. The maximum absolute atomic E-state index is 14.0. The Balaban J connectivity index is 1.64. The molecule has 1 fully saturated rings. The van der Waals surface area contributed by atoms with Crippen molar-refractivity contribution in [2.24, 2.45) is 0 Å². The van der Waals surface area contributed by atoms with Crippen LogP contribution < -0.4 is 15.4 Å². The zero-order valence-corrected chi connectivity index (χ0v) is 15.4. The van der Waals surface area contributed by atoms with Gasteiger partial charge in [0.15, 0.2) is 5.65 Å². The maximum Gasteiger partial charge on any atom is 0.257 e. The molecule has 0 radical (unpaired) electrons. The number of nitrogens with zero attached hydrogens (tertiary/aromatic N) is 3. The van der Waals surface area contributed by atoms with Gasteiger partial charge in [0.05, 0.1) is 18.3 Å². The van der Waals surface area contributed by atoms with E-state index in [1.54, 1.807) is 22.8 Å². The minimum atomic E-state index is -0.321. The fraction of sp³-hybridized carbons (Fsp3) is 0.350. The number of benzene rings is 1. The molecule has 5 rings (SSSR count). The number of nitrogens with one attached hydrogen (secondary N) is 2. The summed E-state index contributed by atoms with van der Waals surface area (Å²) in [6.45, 7) is 1.93. The van der Waals surface area contributed by atoms with Crippen LogP contribution in [0.25, 0.3) is 5.65 Å². The Kier molecular flexibility index (Phi) is 3.92. The van der Waals surface area contributed by atoms with E-state index in [1.165, 1.54) is 18.3 Å². The number of hydrogen-bond acceptors (Lipinski definition) is 5. The smallest absolute Gasteiger partial charge is 0.257 e. The van der Waals surface area contributed by atoms with E-state index in [-0.39, 0.29) is 29.9 Å². The van der Waals surface area contributed by atoms with Crippen LogP contribution in [0.2, 0.25) is 0 Å². The highest BCUT2D eigenvalue weighted by atomic mass is 19.1. The molecule has 2 aromatic heterocycles. The first-order chi connectivity index (χ1) is 13.6. The fourth-order valence-electron chi connectivity index (χ4n) is 4.02. The van der Waals surface area contributed by atoms with Crippen LogP contribution >= 0.6 is 0 Å². The van der Waals surface area contributed by atoms with Gasteiger partial charge >= 0.3 is 0 Å². The van der Waals surface area contributed by atoms with Crippen LogP contribution in [0.5, 0.6) is 5.75 Å². The number of rotatable bonds is 0. The highest BCUT2D eigenvalue weighted by molar-refractivity contribution is 6.00. The SMILES string of the molecule is C[C@H]1Nc2ccn3ncc(c3n2)C(=O)NC2CCC[C@H]2Oc2ccc(F)cc21. The lowest BCUT2D eigenvalue weighted by Gasteiger charge is -2.25. The zero-order chi connectivity index (χ0) is 19.3. The molecule has 3 atom stereocenters. The van der Waals surface area contributed by atoms with Crippen molar-refractivity contribution in [2.75, 3.05) is 5.32 Å². The third-order valence-corrected chi connectivity index (χ3v) is 5.46. The van der Waals surface area contributed by atoms with Crippen molar-refractivity contribution < 1.29 is 13.9 Å². The minimum absolute atomic E-state index is 0.118. The number of hydrogen-bond donors (Lipinski definition) is 2. The Hall–Kier alpha value is -3.16. The van der Waals surface area contributed by atoms with Gasteiger partial charge in [-0.15, -0.1) is 0 Å². The Bertz CT molecular complexity index is 1070. The summed E-state index contributed by atoms with van der Waals surface area (Å²) in [5.74, 6) is 0.657. The molecular weight excluding hydrogens is 361 g/mol. The van der Waals surface area contributed by atoms with Crippen LogP contribution in [-0.2, 0) is 0 Å². The van der Waals surface area contributed by atoms with E-state index in [4.69, 9.17) is 4.74 Å². The summed E-state index contributed by atoms with van der Waals surface area (Å²) in [5, 5.41) is 10.6. The van der Waals surface area contributed by atoms with E-state index >= 15 is 0 Å². The van der Waals surface area contributed by atoms with Crippen molar-refractivity contribution >= 4 is 17.4 Å². The number of amides is 1. The van der Waals surface area contributed by atoms with Gasteiger partial charge in [-0.3, -0.25) is 4.79 Å².